The van der Waals surface area contributed by atoms with E-state index >= 15 is 0 Å². The minimum Gasteiger partial charge on any atom is -0.295 e. The molecule has 3 heteroatoms. The molecule has 1 fully saturated rings. The fourth-order valence-corrected chi connectivity index (χ4v) is 4.55. The van der Waals surface area contributed by atoms with Gasteiger partial charge in [0, 0.05) is 23.1 Å². The average molecular weight is 373 g/mol. The molecule has 1 aliphatic rings. The summed E-state index contributed by atoms with van der Waals surface area (Å²) in [6.45, 7) is 20.4. The number of hydrogen-bond acceptors (Lipinski definition) is 3. The molecule has 26 heavy (non-hydrogen) atoms. The van der Waals surface area contributed by atoms with E-state index in [1.165, 1.54) is 48.4 Å². The van der Waals surface area contributed by atoms with Crippen LogP contribution in [0.5, 0.6) is 0 Å². The lowest BCUT2D eigenvalue weighted by Crippen LogP contribution is -2.44. The normalized spacial score (nSPS) is 19.7. The van der Waals surface area contributed by atoms with Crippen LogP contribution in [-0.4, -0.2) is 36.5 Å². The molecule has 2 nitrogen and oxygen atoms in total. The van der Waals surface area contributed by atoms with E-state index < -0.39 is 0 Å². The van der Waals surface area contributed by atoms with Crippen molar-refractivity contribution in [2.75, 3.05) is 18.8 Å². The minimum absolute atomic E-state index is 0.366. The summed E-state index contributed by atoms with van der Waals surface area (Å²) in [5, 5.41) is 0. The molecule has 1 aliphatic heterocycles. The Bertz CT molecular complexity index is 551. The van der Waals surface area contributed by atoms with E-state index in [1.807, 2.05) is 30.1 Å². The van der Waals surface area contributed by atoms with Gasteiger partial charge in [0.1, 0.15) is 0 Å². The van der Waals surface area contributed by atoms with E-state index in [4.69, 9.17) is 0 Å². The molecule has 0 aliphatic carbocycles. The van der Waals surface area contributed by atoms with Crippen molar-refractivity contribution in [3.63, 3.8) is 0 Å². The van der Waals surface area contributed by atoms with Crippen molar-refractivity contribution >= 4 is 18.5 Å². The SMILES string of the molecule is C=C/C=C(\SCC)C(C(C/C=C(\C)C=C)/C(C)=C/N=C)N1CCCCC1. The van der Waals surface area contributed by atoms with E-state index in [0.29, 0.717) is 12.0 Å². The average Bonchev–Trinajstić information content (AvgIpc) is 2.65. The van der Waals surface area contributed by atoms with Gasteiger partial charge in [0.2, 0.25) is 0 Å². The lowest BCUT2D eigenvalue weighted by Gasteiger charge is -2.40. The van der Waals surface area contributed by atoms with Gasteiger partial charge in [-0.15, -0.1) is 11.8 Å². The summed E-state index contributed by atoms with van der Waals surface area (Å²) in [5.74, 6) is 1.44. The Kier molecular flexibility index (Phi) is 11.3. The quantitative estimate of drug-likeness (QED) is 0.308. The number of nitrogens with zero attached hydrogens (tertiary/aromatic N) is 2. The summed E-state index contributed by atoms with van der Waals surface area (Å²) in [7, 11) is 0. The Morgan fingerprint density at radius 3 is 2.42 bits per heavy atom. The standard InChI is InChI=1S/C23H36N2S/c1-7-13-22(26-9-3)23(25-16-11-10-12-17-25)21(20(5)18-24-6)15-14-19(4)8-2/h7-8,13-14,18,21,23H,1-2,6,9-12,15-17H2,3-5H3/b19-14+,20-18+,22-13-. The number of hydrogen-bond donors (Lipinski definition) is 0. The van der Waals surface area contributed by atoms with Gasteiger partial charge >= 0.3 is 0 Å². The number of rotatable bonds is 11. The molecule has 0 aromatic heterocycles. The maximum absolute atomic E-state index is 4.06. The predicted octanol–water partition coefficient (Wildman–Crippen LogP) is 6.41. The Labute approximate surface area is 165 Å². The van der Waals surface area contributed by atoms with Crippen LogP contribution in [0.3, 0.4) is 0 Å². The van der Waals surface area contributed by atoms with Gasteiger partial charge in [-0.1, -0.05) is 56.4 Å². The van der Waals surface area contributed by atoms with E-state index in [1.54, 1.807) is 0 Å². The summed E-state index contributed by atoms with van der Waals surface area (Å²) in [4.78, 5) is 8.15. The number of likely N-dealkylation sites (tertiary alicyclic amines) is 1. The molecule has 0 amide bonds. The monoisotopic (exact) mass is 372 g/mol. The number of thioether (sulfide) groups is 1. The molecule has 0 saturated carbocycles. The summed E-state index contributed by atoms with van der Waals surface area (Å²) in [6, 6.07) is 0.366. The van der Waals surface area contributed by atoms with E-state index in [0.717, 1.165) is 12.2 Å². The van der Waals surface area contributed by atoms with Crippen molar-refractivity contribution in [1.29, 1.82) is 0 Å². The molecular formula is C23H36N2S. The highest BCUT2D eigenvalue weighted by atomic mass is 32.2. The molecule has 2 unspecified atom stereocenters. The Morgan fingerprint density at radius 2 is 1.88 bits per heavy atom. The van der Waals surface area contributed by atoms with Crippen molar-refractivity contribution in [2.24, 2.45) is 10.9 Å². The molecule has 0 radical (unpaired) electrons. The van der Waals surface area contributed by atoms with Crippen molar-refractivity contribution in [1.82, 2.24) is 4.90 Å². The topological polar surface area (TPSA) is 15.6 Å². The van der Waals surface area contributed by atoms with E-state index in [9.17, 15) is 0 Å². The maximum Gasteiger partial charge on any atom is 0.0476 e. The Hall–Kier alpha value is -1.32. The predicted molar refractivity (Wildman–Crippen MR) is 121 cm³/mol. The summed E-state index contributed by atoms with van der Waals surface area (Å²) in [5.41, 5.74) is 2.51. The number of allylic oxidation sites excluding steroid dienone is 5. The van der Waals surface area contributed by atoms with Gasteiger partial charge < -0.3 is 0 Å². The fourth-order valence-electron chi connectivity index (χ4n) is 3.54. The van der Waals surface area contributed by atoms with Crippen LogP contribution >= 0.6 is 11.8 Å². The third-order valence-electron chi connectivity index (χ3n) is 4.95. The van der Waals surface area contributed by atoms with Crippen LogP contribution in [-0.2, 0) is 0 Å². The fraction of sp³-hybridized carbons (Fsp3) is 0.522. The summed E-state index contributed by atoms with van der Waals surface area (Å²) < 4.78 is 0. The lowest BCUT2D eigenvalue weighted by atomic mass is 9.86. The Morgan fingerprint density at radius 1 is 1.19 bits per heavy atom. The molecule has 0 bridgehead atoms. The lowest BCUT2D eigenvalue weighted by molar-refractivity contribution is 0.156. The third kappa shape index (κ3) is 7.13. The zero-order valence-corrected chi connectivity index (χ0v) is 17.7. The van der Waals surface area contributed by atoms with Gasteiger partial charge in [0.15, 0.2) is 0 Å². The number of aliphatic imine (C=N–C) groups is 1. The highest BCUT2D eigenvalue weighted by Gasteiger charge is 2.32. The first-order valence-corrected chi connectivity index (χ1v) is 10.7. The van der Waals surface area contributed by atoms with Crippen LogP contribution in [0.2, 0.25) is 0 Å². The van der Waals surface area contributed by atoms with Gasteiger partial charge in [-0.25, -0.2) is 0 Å². The number of piperidine rings is 1. The van der Waals surface area contributed by atoms with Crippen molar-refractivity contribution in [3.05, 3.63) is 59.7 Å². The maximum atomic E-state index is 4.06. The summed E-state index contributed by atoms with van der Waals surface area (Å²) >= 11 is 1.94. The third-order valence-corrected chi connectivity index (χ3v) is 5.94. The van der Waals surface area contributed by atoms with E-state index in [-0.39, 0.29) is 0 Å². The molecule has 144 valence electrons. The highest BCUT2D eigenvalue weighted by Crippen LogP contribution is 2.36. The van der Waals surface area contributed by atoms with Crippen molar-refractivity contribution in [3.8, 4) is 0 Å². The molecule has 0 aromatic rings. The van der Waals surface area contributed by atoms with Gasteiger partial charge in [-0.3, -0.25) is 9.89 Å². The molecule has 1 saturated heterocycles. The summed E-state index contributed by atoms with van der Waals surface area (Å²) in [6.07, 6.45) is 15.2. The molecule has 0 aromatic carbocycles. The molecular weight excluding hydrogens is 336 g/mol. The van der Waals surface area contributed by atoms with Crippen molar-refractivity contribution < 1.29 is 0 Å². The smallest absolute Gasteiger partial charge is 0.0476 e. The molecule has 1 heterocycles. The minimum atomic E-state index is 0.366. The second-order valence-corrected chi connectivity index (χ2v) is 8.17. The van der Waals surface area contributed by atoms with Gasteiger partial charge in [-0.2, -0.15) is 0 Å². The first-order chi connectivity index (χ1) is 12.6. The highest BCUT2D eigenvalue weighted by molar-refractivity contribution is 8.03. The van der Waals surface area contributed by atoms with Crippen LogP contribution in [0.1, 0.15) is 46.5 Å². The molecule has 1 rings (SSSR count). The Balaban J connectivity index is 3.34. The van der Waals surface area contributed by atoms with Gasteiger partial charge in [0.05, 0.1) is 0 Å². The van der Waals surface area contributed by atoms with Gasteiger partial charge in [0.25, 0.3) is 0 Å². The zero-order valence-electron chi connectivity index (χ0n) is 16.9. The first-order valence-electron chi connectivity index (χ1n) is 9.70. The largest absolute Gasteiger partial charge is 0.295 e. The van der Waals surface area contributed by atoms with Crippen molar-refractivity contribution in [2.45, 2.75) is 52.5 Å². The van der Waals surface area contributed by atoms with Crippen LogP contribution in [0.15, 0.2) is 64.7 Å². The molecule has 0 N–H and O–H groups in total. The van der Waals surface area contributed by atoms with Gasteiger partial charge in [-0.05, 0) is 64.2 Å². The second kappa shape index (κ2) is 12.9. The molecule has 0 spiro atoms. The molecule has 2 atom stereocenters. The van der Waals surface area contributed by atoms with Crippen LogP contribution in [0, 0.1) is 5.92 Å². The van der Waals surface area contributed by atoms with Crippen LogP contribution in [0.25, 0.3) is 0 Å². The first kappa shape index (κ1) is 22.7. The van der Waals surface area contributed by atoms with Crippen LogP contribution < -0.4 is 0 Å². The second-order valence-electron chi connectivity index (χ2n) is 6.83. The zero-order chi connectivity index (χ0) is 19.4. The van der Waals surface area contributed by atoms with E-state index in [2.05, 4.69) is 62.7 Å². The van der Waals surface area contributed by atoms with Crippen LogP contribution in [0.4, 0.5) is 0 Å².